The van der Waals surface area contributed by atoms with Crippen molar-refractivity contribution in [1.82, 2.24) is 0 Å². The molecule has 6 aliphatic rings. The van der Waals surface area contributed by atoms with Crippen molar-refractivity contribution >= 4 is 32.2 Å². The summed E-state index contributed by atoms with van der Waals surface area (Å²) < 4.78 is 94.5. The zero-order valence-electron chi connectivity index (χ0n) is 25.7. The van der Waals surface area contributed by atoms with E-state index in [9.17, 15) is 26.4 Å². The van der Waals surface area contributed by atoms with Gasteiger partial charge in [0.15, 0.2) is 6.10 Å². The SMILES string of the molecule is Cc1ccc(S(=O)(=O)OC2C3OC4OC(C3OC(=O)C35CCC(C)(C(=O)O3)C5(C)C)C(OS(=O)(=O)c3ccc(C)cc3)C2O4)cc1. The summed E-state index contributed by atoms with van der Waals surface area (Å²) in [6.07, 6.45) is -7.78. The summed E-state index contributed by atoms with van der Waals surface area (Å²) in [7, 11) is -8.95. The van der Waals surface area contributed by atoms with Gasteiger partial charge in [0.2, 0.25) is 5.60 Å². The molecular weight excluding hydrogens is 644 g/mol. The van der Waals surface area contributed by atoms with Crippen LogP contribution in [0, 0.1) is 24.7 Å². The first kappa shape index (κ1) is 31.7. The van der Waals surface area contributed by atoms with Crippen molar-refractivity contribution in [2.24, 2.45) is 10.8 Å². The molecule has 8 rings (SSSR count). The number of carbonyl (C=O) groups is 2. The highest BCUT2D eigenvalue weighted by Crippen LogP contribution is 2.66. The summed E-state index contributed by atoms with van der Waals surface area (Å²) in [4.78, 5) is 26.6. The Labute approximate surface area is 266 Å². The van der Waals surface area contributed by atoms with Crippen LogP contribution in [0.2, 0.25) is 0 Å². The Morgan fingerprint density at radius 1 is 0.717 bits per heavy atom. The van der Waals surface area contributed by atoms with Crippen LogP contribution in [0.4, 0.5) is 0 Å². The van der Waals surface area contributed by atoms with Gasteiger partial charge in [-0.1, -0.05) is 49.2 Å². The lowest BCUT2D eigenvalue weighted by atomic mass is 9.66. The fourth-order valence-electron chi connectivity index (χ4n) is 7.16. The molecule has 2 aromatic carbocycles. The average molecular weight is 679 g/mol. The zero-order valence-corrected chi connectivity index (χ0v) is 27.3. The van der Waals surface area contributed by atoms with Crippen molar-refractivity contribution in [2.75, 3.05) is 0 Å². The lowest BCUT2D eigenvalue weighted by molar-refractivity contribution is -0.476. The summed E-state index contributed by atoms with van der Waals surface area (Å²) in [6.45, 7) is 7.49. The van der Waals surface area contributed by atoms with Gasteiger partial charge in [0.1, 0.15) is 30.5 Å². The van der Waals surface area contributed by atoms with E-state index in [1.807, 2.05) is 0 Å². The highest BCUT2D eigenvalue weighted by atomic mass is 32.2. The van der Waals surface area contributed by atoms with E-state index in [1.54, 1.807) is 58.9 Å². The molecule has 2 aromatic rings. The highest BCUT2D eigenvalue weighted by Gasteiger charge is 2.77. The lowest BCUT2D eigenvalue weighted by Crippen LogP contribution is -2.77. The van der Waals surface area contributed by atoms with Crippen LogP contribution in [0.1, 0.15) is 44.7 Å². The number of benzene rings is 2. The van der Waals surface area contributed by atoms with E-state index < -0.39 is 91.7 Å². The Balaban J connectivity index is 1.25. The van der Waals surface area contributed by atoms with Gasteiger partial charge in [-0.3, -0.25) is 13.2 Å². The van der Waals surface area contributed by atoms with Crippen LogP contribution in [-0.2, 0) is 61.9 Å². The van der Waals surface area contributed by atoms with Crippen LogP contribution in [0.25, 0.3) is 0 Å². The fraction of sp³-hybridized carbons (Fsp3) is 0.548. The molecular formula is C31H34O13S2. The Hall–Kier alpha value is -2.92. The molecule has 6 bridgehead atoms. The number of esters is 2. The van der Waals surface area contributed by atoms with Gasteiger partial charge in [-0.2, -0.15) is 16.8 Å². The Morgan fingerprint density at radius 3 is 1.54 bits per heavy atom. The molecule has 6 atom stereocenters. The summed E-state index contributed by atoms with van der Waals surface area (Å²) in [5.41, 5.74) is -1.90. The quantitative estimate of drug-likeness (QED) is 0.296. The zero-order chi connectivity index (χ0) is 33.0. The number of aryl methyl sites for hydroxylation is 2. The fourth-order valence-corrected chi connectivity index (χ4v) is 9.34. The normalized spacial score (nSPS) is 37.3. The molecule has 4 aliphatic heterocycles. The molecule has 2 aliphatic carbocycles. The Bertz CT molecular complexity index is 1710. The first-order chi connectivity index (χ1) is 21.5. The van der Waals surface area contributed by atoms with E-state index in [2.05, 4.69) is 0 Å². The van der Waals surface area contributed by atoms with Gasteiger partial charge in [0, 0.05) is 5.41 Å². The second-order valence-electron chi connectivity index (χ2n) is 13.3. The number of hydrogen-bond donors (Lipinski definition) is 0. The van der Waals surface area contributed by atoms with Crippen LogP contribution in [0.15, 0.2) is 58.3 Å². The molecule has 4 saturated heterocycles. The van der Waals surface area contributed by atoms with Crippen molar-refractivity contribution in [3.05, 3.63) is 59.7 Å². The lowest BCUT2D eigenvalue weighted by Gasteiger charge is -2.57. The molecule has 248 valence electrons. The molecule has 2 saturated carbocycles. The molecule has 6 unspecified atom stereocenters. The molecule has 0 aromatic heterocycles. The van der Waals surface area contributed by atoms with Crippen molar-refractivity contribution in [3.63, 3.8) is 0 Å². The third-order valence-electron chi connectivity index (χ3n) is 10.5. The smallest absolute Gasteiger partial charge is 0.351 e. The average Bonchev–Trinajstić information content (AvgIpc) is 3.28. The molecule has 0 amide bonds. The number of ether oxygens (including phenoxy) is 5. The van der Waals surface area contributed by atoms with Gasteiger partial charge in [-0.05, 0) is 57.9 Å². The first-order valence-corrected chi connectivity index (χ1v) is 17.7. The van der Waals surface area contributed by atoms with Crippen LogP contribution < -0.4 is 0 Å². The molecule has 0 N–H and O–H groups in total. The second-order valence-corrected chi connectivity index (χ2v) is 16.4. The number of fused-ring (bicyclic) bond motifs is 2. The number of hydrogen-bond acceptors (Lipinski definition) is 13. The van der Waals surface area contributed by atoms with Gasteiger partial charge >= 0.3 is 11.9 Å². The van der Waals surface area contributed by atoms with E-state index >= 15 is 0 Å². The van der Waals surface area contributed by atoms with Gasteiger partial charge in [-0.15, -0.1) is 0 Å². The largest absolute Gasteiger partial charge is 0.454 e. The number of carbonyl (C=O) groups excluding carboxylic acids is 2. The van der Waals surface area contributed by atoms with Gasteiger partial charge in [0.05, 0.1) is 15.2 Å². The molecule has 4 heterocycles. The third-order valence-corrected chi connectivity index (χ3v) is 13.1. The molecule has 15 heteroatoms. The van der Waals surface area contributed by atoms with E-state index in [-0.39, 0.29) is 16.2 Å². The predicted molar refractivity (Wildman–Crippen MR) is 155 cm³/mol. The second kappa shape index (κ2) is 10.3. The maximum absolute atomic E-state index is 14.1. The Kier molecular flexibility index (Phi) is 7.08. The molecule has 6 fully saturated rings. The van der Waals surface area contributed by atoms with Crippen LogP contribution in [0.3, 0.4) is 0 Å². The minimum absolute atomic E-state index is 0.162. The van der Waals surface area contributed by atoms with Crippen molar-refractivity contribution < 1.29 is 58.5 Å². The summed E-state index contributed by atoms with van der Waals surface area (Å²) in [5, 5.41) is 0. The minimum atomic E-state index is -4.47. The van der Waals surface area contributed by atoms with E-state index in [0.29, 0.717) is 6.42 Å². The molecule has 0 spiro atoms. The van der Waals surface area contributed by atoms with Crippen LogP contribution >= 0.6 is 0 Å². The molecule has 46 heavy (non-hydrogen) atoms. The monoisotopic (exact) mass is 678 g/mol. The van der Waals surface area contributed by atoms with Crippen molar-refractivity contribution in [3.8, 4) is 0 Å². The van der Waals surface area contributed by atoms with Gasteiger partial charge in [-0.25, -0.2) is 4.79 Å². The highest BCUT2D eigenvalue weighted by molar-refractivity contribution is 7.87. The van der Waals surface area contributed by atoms with E-state index in [4.69, 9.17) is 32.1 Å². The maximum atomic E-state index is 14.1. The van der Waals surface area contributed by atoms with Crippen LogP contribution in [0.5, 0.6) is 0 Å². The van der Waals surface area contributed by atoms with Gasteiger partial charge in [0.25, 0.3) is 26.7 Å². The standard InChI is InChI=1S/C31H34O13S2/c1-16-6-10-18(11-7-16)45(34,35)43-24-21-20(38-27(33)31-15-14-30(5,26(32)42-31)29(31,3)4)22-25(23(24)41-28(39-21)40-22)44-46(36,37)19-12-8-17(2)9-13-19/h6-13,20-25,28H,14-15H2,1-5H3. The predicted octanol–water partition coefficient (Wildman–Crippen LogP) is 2.67. The number of rotatable bonds is 8. The first-order valence-electron chi connectivity index (χ1n) is 14.9. The topological polar surface area (TPSA) is 167 Å². The maximum Gasteiger partial charge on any atom is 0.351 e. The Morgan fingerprint density at radius 2 is 1.15 bits per heavy atom. The van der Waals surface area contributed by atoms with E-state index in [0.717, 1.165) is 11.1 Å². The minimum Gasteiger partial charge on any atom is -0.454 e. The third kappa shape index (κ3) is 4.50. The molecule has 0 radical (unpaired) electrons. The van der Waals surface area contributed by atoms with Gasteiger partial charge < -0.3 is 23.7 Å². The van der Waals surface area contributed by atoms with Crippen LogP contribution in [-0.4, -0.2) is 77.5 Å². The van der Waals surface area contributed by atoms with Crippen molar-refractivity contribution in [1.29, 1.82) is 0 Å². The van der Waals surface area contributed by atoms with Crippen molar-refractivity contribution in [2.45, 2.75) is 106 Å². The van der Waals surface area contributed by atoms with E-state index in [1.165, 1.54) is 24.3 Å². The molecule has 13 nitrogen and oxygen atoms in total. The summed E-state index contributed by atoms with van der Waals surface area (Å²) in [5.74, 6) is -1.42. The summed E-state index contributed by atoms with van der Waals surface area (Å²) in [6, 6.07) is 11.8. The summed E-state index contributed by atoms with van der Waals surface area (Å²) >= 11 is 0.